The Morgan fingerprint density at radius 2 is 2.17 bits per heavy atom. The van der Waals surface area contributed by atoms with Gasteiger partial charge in [0.05, 0.1) is 0 Å². The molecule has 0 radical (unpaired) electrons. The maximum absolute atomic E-state index is 5.19. The highest BCUT2D eigenvalue weighted by atomic mass is 16.5. The molecule has 0 amide bonds. The van der Waals surface area contributed by atoms with Gasteiger partial charge in [0.1, 0.15) is 0 Å². The number of hydrogen-bond acceptors (Lipinski definition) is 2. The zero-order valence-corrected chi connectivity index (χ0v) is 8.38. The van der Waals surface area contributed by atoms with Crippen molar-refractivity contribution in [1.29, 1.82) is 0 Å². The Kier molecular flexibility index (Phi) is 4.62. The quantitative estimate of drug-likeness (QED) is 0.641. The van der Waals surface area contributed by atoms with Gasteiger partial charge in [0.2, 0.25) is 0 Å². The van der Waals surface area contributed by atoms with E-state index >= 15 is 0 Å². The molecule has 0 N–H and O–H groups in total. The van der Waals surface area contributed by atoms with Gasteiger partial charge in [-0.25, -0.2) is 0 Å². The van der Waals surface area contributed by atoms with Crippen molar-refractivity contribution in [3.63, 3.8) is 0 Å². The van der Waals surface area contributed by atoms with Crippen LogP contribution >= 0.6 is 0 Å². The first kappa shape index (κ1) is 10.0. The topological polar surface area (TPSA) is 12.5 Å². The van der Waals surface area contributed by atoms with E-state index in [-0.39, 0.29) is 0 Å². The summed E-state index contributed by atoms with van der Waals surface area (Å²) >= 11 is 0. The molecule has 2 nitrogen and oxygen atoms in total. The van der Waals surface area contributed by atoms with E-state index < -0.39 is 0 Å². The molecule has 0 aromatic rings. The molecule has 1 aliphatic heterocycles. The molecule has 1 fully saturated rings. The van der Waals surface area contributed by atoms with Crippen LogP contribution in [0.1, 0.15) is 26.2 Å². The van der Waals surface area contributed by atoms with Gasteiger partial charge >= 0.3 is 0 Å². The molecule has 1 unspecified atom stereocenters. The Labute approximate surface area is 75.9 Å². The number of nitrogens with zero attached hydrogens (tertiary/aromatic N) is 1. The van der Waals surface area contributed by atoms with Crippen molar-refractivity contribution in [2.45, 2.75) is 26.2 Å². The van der Waals surface area contributed by atoms with Crippen LogP contribution < -0.4 is 0 Å². The molecule has 1 heterocycles. The summed E-state index contributed by atoms with van der Waals surface area (Å²) in [5.41, 5.74) is 0. The Morgan fingerprint density at radius 3 is 2.83 bits per heavy atom. The van der Waals surface area contributed by atoms with E-state index in [4.69, 9.17) is 4.74 Å². The van der Waals surface area contributed by atoms with Gasteiger partial charge in [0.15, 0.2) is 0 Å². The van der Waals surface area contributed by atoms with Crippen molar-refractivity contribution >= 4 is 0 Å². The van der Waals surface area contributed by atoms with Crippen LogP contribution in [0, 0.1) is 5.92 Å². The molecule has 1 rings (SSSR count). The van der Waals surface area contributed by atoms with Crippen molar-refractivity contribution in [1.82, 2.24) is 4.90 Å². The van der Waals surface area contributed by atoms with E-state index in [0.29, 0.717) is 0 Å². The molecular formula is C10H21NO. The van der Waals surface area contributed by atoms with E-state index in [2.05, 4.69) is 11.8 Å². The summed E-state index contributed by atoms with van der Waals surface area (Å²) in [4.78, 5) is 2.54. The molecule has 1 saturated heterocycles. The standard InChI is InChI=1S/C10H21NO/c1-3-11-7-4-5-10(6-8-11)9-12-2/h10H,3-9H2,1-2H3. The van der Waals surface area contributed by atoms with Crippen LogP contribution in [0.4, 0.5) is 0 Å². The van der Waals surface area contributed by atoms with Crippen molar-refractivity contribution in [3.8, 4) is 0 Å². The predicted octanol–water partition coefficient (Wildman–Crippen LogP) is 1.75. The van der Waals surface area contributed by atoms with Gasteiger partial charge in [0.25, 0.3) is 0 Å². The first-order valence-electron chi connectivity index (χ1n) is 5.08. The fourth-order valence-electron chi connectivity index (χ4n) is 1.94. The summed E-state index contributed by atoms with van der Waals surface area (Å²) in [6.07, 6.45) is 4.02. The Balaban J connectivity index is 2.24. The minimum Gasteiger partial charge on any atom is -0.384 e. The third kappa shape index (κ3) is 3.11. The smallest absolute Gasteiger partial charge is 0.0490 e. The molecule has 1 atom stereocenters. The van der Waals surface area contributed by atoms with Crippen LogP contribution in [-0.4, -0.2) is 38.3 Å². The number of methoxy groups -OCH3 is 1. The first-order valence-corrected chi connectivity index (χ1v) is 5.08. The van der Waals surface area contributed by atoms with Crippen LogP contribution in [-0.2, 0) is 4.74 Å². The Bertz CT molecular complexity index is 116. The van der Waals surface area contributed by atoms with Crippen LogP contribution in [0.15, 0.2) is 0 Å². The second-order valence-electron chi connectivity index (χ2n) is 3.69. The second-order valence-corrected chi connectivity index (χ2v) is 3.69. The lowest BCUT2D eigenvalue weighted by Gasteiger charge is -2.17. The lowest BCUT2D eigenvalue weighted by Crippen LogP contribution is -2.24. The minimum atomic E-state index is 0.812. The predicted molar refractivity (Wildman–Crippen MR) is 51.3 cm³/mol. The van der Waals surface area contributed by atoms with Crippen molar-refractivity contribution in [2.75, 3.05) is 33.4 Å². The largest absolute Gasteiger partial charge is 0.384 e. The number of hydrogen-bond donors (Lipinski definition) is 0. The zero-order chi connectivity index (χ0) is 8.81. The molecule has 0 aliphatic carbocycles. The molecular weight excluding hydrogens is 150 g/mol. The molecule has 0 spiro atoms. The molecule has 0 saturated carbocycles. The lowest BCUT2D eigenvalue weighted by atomic mass is 10.0. The highest BCUT2D eigenvalue weighted by Crippen LogP contribution is 2.17. The molecule has 2 heteroatoms. The van der Waals surface area contributed by atoms with E-state index in [9.17, 15) is 0 Å². The van der Waals surface area contributed by atoms with Crippen molar-refractivity contribution < 1.29 is 4.74 Å². The van der Waals surface area contributed by atoms with Crippen LogP contribution in [0.25, 0.3) is 0 Å². The minimum absolute atomic E-state index is 0.812. The maximum atomic E-state index is 5.19. The fourth-order valence-corrected chi connectivity index (χ4v) is 1.94. The van der Waals surface area contributed by atoms with E-state index in [1.807, 2.05) is 7.11 Å². The van der Waals surface area contributed by atoms with Gasteiger partial charge in [0, 0.05) is 13.7 Å². The summed E-state index contributed by atoms with van der Waals surface area (Å²) in [5.74, 6) is 0.812. The summed E-state index contributed by atoms with van der Waals surface area (Å²) < 4.78 is 5.19. The van der Waals surface area contributed by atoms with Crippen LogP contribution in [0.5, 0.6) is 0 Å². The third-order valence-corrected chi connectivity index (χ3v) is 2.79. The highest BCUT2D eigenvalue weighted by Gasteiger charge is 2.15. The first-order chi connectivity index (χ1) is 5.86. The normalized spacial score (nSPS) is 27.0. The summed E-state index contributed by atoms with van der Waals surface area (Å²) in [5, 5.41) is 0. The molecule has 0 aromatic heterocycles. The van der Waals surface area contributed by atoms with E-state index in [1.165, 1.54) is 38.9 Å². The number of rotatable bonds is 3. The highest BCUT2D eigenvalue weighted by molar-refractivity contribution is 4.68. The maximum Gasteiger partial charge on any atom is 0.0490 e. The van der Waals surface area contributed by atoms with Gasteiger partial charge in [-0.05, 0) is 44.8 Å². The molecule has 12 heavy (non-hydrogen) atoms. The van der Waals surface area contributed by atoms with Gasteiger partial charge in [-0.2, -0.15) is 0 Å². The summed E-state index contributed by atoms with van der Waals surface area (Å²) in [6.45, 7) is 6.97. The van der Waals surface area contributed by atoms with E-state index in [1.54, 1.807) is 0 Å². The lowest BCUT2D eigenvalue weighted by molar-refractivity contribution is 0.144. The SMILES string of the molecule is CCN1CCCC(COC)CC1. The van der Waals surface area contributed by atoms with Gasteiger partial charge < -0.3 is 9.64 Å². The summed E-state index contributed by atoms with van der Waals surface area (Å²) in [7, 11) is 1.81. The molecule has 1 aliphatic rings. The van der Waals surface area contributed by atoms with Gasteiger partial charge in [-0.1, -0.05) is 6.92 Å². The third-order valence-electron chi connectivity index (χ3n) is 2.79. The average Bonchev–Trinajstić information content (AvgIpc) is 2.31. The number of ether oxygens (including phenoxy) is 1. The zero-order valence-electron chi connectivity index (χ0n) is 8.38. The molecule has 72 valence electrons. The van der Waals surface area contributed by atoms with E-state index in [0.717, 1.165) is 12.5 Å². The number of likely N-dealkylation sites (tertiary alicyclic amines) is 1. The van der Waals surface area contributed by atoms with Crippen LogP contribution in [0.2, 0.25) is 0 Å². The molecule has 0 aromatic carbocycles. The Hall–Kier alpha value is -0.0800. The van der Waals surface area contributed by atoms with Gasteiger partial charge in [-0.15, -0.1) is 0 Å². The van der Waals surface area contributed by atoms with Crippen LogP contribution in [0.3, 0.4) is 0 Å². The van der Waals surface area contributed by atoms with Gasteiger partial charge in [-0.3, -0.25) is 0 Å². The average molecular weight is 171 g/mol. The second kappa shape index (κ2) is 5.55. The fraction of sp³-hybridized carbons (Fsp3) is 1.00. The van der Waals surface area contributed by atoms with Crippen molar-refractivity contribution in [2.24, 2.45) is 5.92 Å². The summed E-state index contributed by atoms with van der Waals surface area (Å²) in [6, 6.07) is 0. The Morgan fingerprint density at radius 1 is 1.33 bits per heavy atom. The van der Waals surface area contributed by atoms with Crippen molar-refractivity contribution in [3.05, 3.63) is 0 Å². The molecule has 0 bridgehead atoms. The monoisotopic (exact) mass is 171 g/mol.